The number of hydrogen-bond donors (Lipinski definition) is 1. The lowest BCUT2D eigenvalue weighted by molar-refractivity contribution is -0.118. The van der Waals surface area contributed by atoms with E-state index in [9.17, 15) is 9.59 Å². The molecule has 1 aromatic heterocycles. The van der Waals surface area contributed by atoms with Crippen molar-refractivity contribution in [3.8, 4) is 11.5 Å². The molecule has 33 heavy (non-hydrogen) atoms. The summed E-state index contributed by atoms with van der Waals surface area (Å²) in [6.45, 7) is 8.10. The molecule has 0 atom stereocenters. The highest BCUT2D eigenvalue weighted by molar-refractivity contribution is 7.99. The molecule has 0 bridgehead atoms. The van der Waals surface area contributed by atoms with Crippen molar-refractivity contribution in [1.29, 1.82) is 0 Å². The van der Waals surface area contributed by atoms with Crippen LogP contribution >= 0.6 is 11.8 Å². The number of rotatable bonds is 12. The van der Waals surface area contributed by atoms with Crippen molar-refractivity contribution < 1.29 is 14.3 Å². The van der Waals surface area contributed by atoms with E-state index in [1.54, 1.807) is 10.6 Å². The van der Waals surface area contributed by atoms with Crippen LogP contribution in [0.4, 0.5) is 0 Å². The number of aromatic nitrogens is 2. The van der Waals surface area contributed by atoms with Crippen LogP contribution in [0.5, 0.6) is 11.5 Å². The standard InChI is InChI=1S/C25H31N3O4S/c1-4-15-28-24(30)19-9-7-8-10-20(19)27-25(28)33-17-23(29)26-14-13-18-11-12-21(31-5-2)22(16-18)32-6-3/h7-12,16H,4-6,13-15,17H2,1-3H3,(H,26,29). The van der Waals surface area contributed by atoms with Crippen LogP contribution in [0.25, 0.3) is 10.9 Å². The quantitative estimate of drug-likeness (QED) is 0.318. The van der Waals surface area contributed by atoms with Crippen LogP contribution in [0.15, 0.2) is 52.4 Å². The van der Waals surface area contributed by atoms with Crippen molar-refractivity contribution in [1.82, 2.24) is 14.9 Å². The molecule has 0 spiro atoms. The van der Waals surface area contributed by atoms with Gasteiger partial charge in [-0.15, -0.1) is 0 Å². The van der Waals surface area contributed by atoms with Gasteiger partial charge in [-0.3, -0.25) is 14.2 Å². The van der Waals surface area contributed by atoms with E-state index in [1.807, 2.05) is 57.2 Å². The Labute approximate surface area is 198 Å². The van der Waals surface area contributed by atoms with Gasteiger partial charge >= 0.3 is 0 Å². The monoisotopic (exact) mass is 469 g/mol. The molecule has 2 aromatic carbocycles. The highest BCUT2D eigenvalue weighted by atomic mass is 32.2. The molecule has 0 aliphatic rings. The molecular formula is C25H31N3O4S. The fourth-order valence-electron chi connectivity index (χ4n) is 3.46. The summed E-state index contributed by atoms with van der Waals surface area (Å²) >= 11 is 1.29. The van der Waals surface area contributed by atoms with Gasteiger partial charge < -0.3 is 14.8 Å². The van der Waals surface area contributed by atoms with E-state index >= 15 is 0 Å². The van der Waals surface area contributed by atoms with Crippen LogP contribution in [0.1, 0.15) is 32.8 Å². The lowest BCUT2D eigenvalue weighted by Crippen LogP contribution is -2.28. The van der Waals surface area contributed by atoms with Crippen LogP contribution in [0.3, 0.4) is 0 Å². The Morgan fingerprint density at radius 1 is 1.06 bits per heavy atom. The van der Waals surface area contributed by atoms with E-state index in [0.717, 1.165) is 23.5 Å². The highest BCUT2D eigenvalue weighted by Crippen LogP contribution is 2.28. The van der Waals surface area contributed by atoms with Crippen LogP contribution in [0.2, 0.25) is 0 Å². The minimum absolute atomic E-state index is 0.0639. The fraction of sp³-hybridized carbons (Fsp3) is 0.400. The summed E-state index contributed by atoms with van der Waals surface area (Å²) in [4.78, 5) is 29.9. The molecule has 176 valence electrons. The maximum absolute atomic E-state index is 12.8. The molecule has 0 aliphatic heterocycles. The van der Waals surface area contributed by atoms with Crippen LogP contribution in [-0.4, -0.2) is 41.0 Å². The molecule has 0 saturated carbocycles. The Bertz CT molecular complexity index is 1150. The first kappa shape index (κ1) is 24.6. The number of carbonyl (C=O) groups excluding carboxylic acids is 1. The number of ether oxygens (including phenoxy) is 2. The SMILES string of the molecule is CCCn1c(SCC(=O)NCCc2ccc(OCC)c(OCC)c2)nc2ccccc2c1=O. The second-order valence-electron chi connectivity index (χ2n) is 7.40. The third-order valence-corrected chi connectivity index (χ3v) is 5.93. The third kappa shape index (κ3) is 6.51. The number of benzene rings is 2. The van der Waals surface area contributed by atoms with Gasteiger partial charge in [-0.2, -0.15) is 0 Å². The van der Waals surface area contributed by atoms with Crippen molar-refractivity contribution in [3.05, 3.63) is 58.4 Å². The second-order valence-corrected chi connectivity index (χ2v) is 8.35. The van der Waals surface area contributed by atoms with Gasteiger partial charge in [0, 0.05) is 13.1 Å². The van der Waals surface area contributed by atoms with E-state index in [-0.39, 0.29) is 17.2 Å². The summed E-state index contributed by atoms with van der Waals surface area (Å²) in [5.74, 6) is 1.54. The highest BCUT2D eigenvalue weighted by Gasteiger charge is 2.13. The van der Waals surface area contributed by atoms with Crippen LogP contribution in [0, 0.1) is 0 Å². The van der Waals surface area contributed by atoms with Crippen molar-refractivity contribution in [2.24, 2.45) is 0 Å². The Kier molecular flexibility index (Phi) is 9.18. The molecule has 3 rings (SSSR count). The number of nitrogens with zero attached hydrogens (tertiary/aromatic N) is 2. The number of fused-ring (bicyclic) bond motifs is 1. The zero-order valence-electron chi connectivity index (χ0n) is 19.4. The van der Waals surface area contributed by atoms with Crippen LogP contribution in [-0.2, 0) is 17.8 Å². The normalized spacial score (nSPS) is 10.9. The van der Waals surface area contributed by atoms with Crippen molar-refractivity contribution >= 4 is 28.6 Å². The molecular weight excluding hydrogens is 438 g/mol. The van der Waals surface area contributed by atoms with E-state index in [4.69, 9.17) is 9.47 Å². The minimum Gasteiger partial charge on any atom is -0.490 e. The predicted octanol–water partition coefficient (Wildman–Crippen LogP) is 4.05. The van der Waals surface area contributed by atoms with E-state index in [2.05, 4.69) is 10.3 Å². The van der Waals surface area contributed by atoms with Crippen LogP contribution < -0.4 is 20.3 Å². The molecule has 0 fully saturated rings. The van der Waals surface area contributed by atoms with Gasteiger partial charge in [0.05, 0.1) is 29.9 Å². The first-order chi connectivity index (χ1) is 16.1. The summed E-state index contributed by atoms with van der Waals surface area (Å²) in [5, 5.41) is 4.12. The molecule has 0 radical (unpaired) electrons. The zero-order valence-corrected chi connectivity index (χ0v) is 20.2. The number of thioether (sulfide) groups is 1. The summed E-state index contributed by atoms with van der Waals surface area (Å²) in [6.07, 6.45) is 1.49. The molecule has 0 unspecified atom stereocenters. The Morgan fingerprint density at radius 2 is 1.82 bits per heavy atom. The minimum atomic E-state index is -0.0959. The first-order valence-electron chi connectivity index (χ1n) is 11.3. The van der Waals surface area contributed by atoms with Gasteiger partial charge in [0.2, 0.25) is 5.91 Å². The molecule has 1 N–H and O–H groups in total. The summed E-state index contributed by atoms with van der Waals surface area (Å²) in [5.41, 5.74) is 1.65. The van der Waals surface area contributed by atoms with Gasteiger partial charge in [-0.1, -0.05) is 36.9 Å². The van der Waals surface area contributed by atoms with Gasteiger partial charge in [0.25, 0.3) is 5.56 Å². The van der Waals surface area contributed by atoms with Crippen molar-refractivity contribution in [2.45, 2.75) is 45.3 Å². The topological polar surface area (TPSA) is 82.5 Å². The van der Waals surface area contributed by atoms with Gasteiger partial charge in [0.15, 0.2) is 16.7 Å². The second kappa shape index (κ2) is 12.3. The summed E-state index contributed by atoms with van der Waals surface area (Å²) in [7, 11) is 0. The Balaban J connectivity index is 1.59. The van der Waals surface area contributed by atoms with Gasteiger partial charge in [0.1, 0.15) is 0 Å². The largest absolute Gasteiger partial charge is 0.490 e. The predicted molar refractivity (Wildman–Crippen MR) is 133 cm³/mol. The smallest absolute Gasteiger partial charge is 0.262 e. The molecule has 0 aliphatic carbocycles. The lowest BCUT2D eigenvalue weighted by atomic mass is 10.1. The van der Waals surface area contributed by atoms with E-state index in [1.165, 1.54) is 11.8 Å². The maximum Gasteiger partial charge on any atom is 0.262 e. The number of nitrogens with one attached hydrogen (secondary N) is 1. The first-order valence-corrected chi connectivity index (χ1v) is 12.3. The van der Waals surface area contributed by atoms with Crippen molar-refractivity contribution in [2.75, 3.05) is 25.5 Å². The summed E-state index contributed by atoms with van der Waals surface area (Å²) in [6, 6.07) is 13.1. The zero-order chi connectivity index (χ0) is 23.6. The number of carbonyl (C=O) groups is 1. The molecule has 3 aromatic rings. The molecule has 1 amide bonds. The number of hydrogen-bond acceptors (Lipinski definition) is 6. The fourth-order valence-corrected chi connectivity index (χ4v) is 4.31. The van der Waals surface area contributed by atoms with E-state index in [0.29, 0.717) is 48.8 Å². The molecule has 1 heterocycles. The Hall–Kier alpha value is -3.00. The average Bonchev–Trinajstić information content (AvgIpc) is 2.82. The maximum atomic E-state index is 12.8. The van der Waals surface area contributed by atoms with E-state index < -0.39 is 0 Å². The summed E-state index contributed by atoms with van der Waals surface area (Å²) < 4.78 is 12.9. The third-order valence-electron chi connectivity index (χ3n) is 4.95. The lowest BCUT2D eigenvalue weighted by Gasteiger charge is -2.13. The van der Waals surface area contributed by atoms with Gasteiger partial charge in [-0.25, -0.2) is 4.98 Å². The van der Waals surface area contributed by atoms with Gasteiger partial charge in [-0.05, 0) is 56.5 Å². The number of para-hydroxylation sites is 1. The molecule has 0 saturated heterocycles. The van der Waals surface area contributed by atoms with Crippen molar-refractivity contribution in [3.63, 3.8) is 0 Å². The molecule has 8 heteroatoms. The molecule has 7 nitrogen and oxygen atoms in total. The average molecular weight is 470 g/mol. The number of amides is 1. The Morgan fingerprint density at radius 3 is 2.58 bits per heavy atom.